The zero-order chi connectivity index (χ0) is 23.1. The van der Waals surface area contributed by atoms with Gasteiger partial charge in [0.25, 0.3) is 0 Å². The molecular weight excluding hydrogens is 479 g/mol. The average molecular weight is 500 g/mol. The molecule has 2 heterocycles. The van der Waals surface area contributed by atoms with E-state index in [1.165, 1.54) is 5.56 Å². The Labute approximate surface area is 207 Å². The van der Waals surface area contributed by atoms with E-state index in [9.17, 15) is 5.11 Å². The summed E-state index contributed by atoms with van der Waals surface area (Å²) in [5.41, 5.74) is 5.97. The maximum absolute atomic E-state index is 11.7. The molecule has 0 aliphatic carbocycles. The Balaban J connectivity index is 1.60. The molecule has 5 nitrogen and oxygen atoms in total. The van der Waals surface area contributed by atoms with E-state index in [4.69, 9.17) is 34.8 Å². The van der Waals surface area contributed by atoms with Crippen LogP contribution in [0.4, 0.5) is 11.4 Å². The standard InChI is InChI=1S/C25H21Cl3N4O/c1-15-23(17-6-8-18(26)9-7-17)29-30-24(15)25(33)32(22-11-10-19(27)14-20(22)28)31-13-12-16-4-2-3-5-21(16)31/h2-11,14,25,33H,12-13H2,1H3,(H,29,30). The minimum atomic E-state index is -1.07. The number of aromatic nitrogens is 2. The number of para-hydroxylation sites is 1. The Hall–Kier alpha value is -2.70. The number of hydrazine groups is 1. The Bertz CT molecular complexity index is 1310. The number of aromatic amines is 1. The van der Waals surface area contributed by atoms with Crippen LogP contribution in [0.25, 0.3) is 11.3 Å². The van der Waals surface area contributed by atoms with Crippen molar-refractivity contribution in [1.29, 1.82) is 0 Å². The molecule has 1 aliphatic rings. The number of hydrogen-bond donors (Lipinski definition) is 2. The Morgan fingerprint density at radius 1 is 1.00 bits per heavy atom. The highest BCUT2D eigenvalue weighted by molar-refractivity contribution is 6.36. The van der Waals surface area contributed by atoms with Gasteiger partial charge in [-0.05, 0) is 55.3 Å². The van der Waals surface area contributed by atoms with E-state index in [0.29, 0.717) is 33.0 Å². The van der Waals surface area contributed by atoms with Crippen LogP contribution in [0.1, 0.15) is 23.0 Å². The van der Waals surface area contributed by atoms with Gasteiger partial charge in [-0.1, -0.05) is 65.1 Å². The van der Waals surface area contributed by atoms with Gasteiger partial charge >= 0.3 is 0 Å². The van der Waals surface area contributed by atoms with Crippen molar-refractivity contribution in [1.82, 2.24) is 10.2 Å². The molecule has 1 aliphatic heterocycles. The van der Waals surface area contributed by atoms with E-state index in [1.54, 1.807) is 17.1 Å². The summed E-state index contributed by atoms with van der Waals surface area (Å²) >= 11 is 18.8. The van der Waals surface area contributed by atoms with Gasteiger partial charge in [0.1, 0.15) is 0 Å². The van der Waals surface area contributed by atoms with Crippen LogP contribution in [0.5, 0.6) is 0 Å². The van der Waals surface area contributed by atoms with Crippen molar-refractivity contribution in [2.24, 2.45) is 0 Å². The number of aliphatic hydroxyl groups is 1. The van der Waals surface area contributed by atoms with Crippen LogP contribution in [0.15, 0.2) is 66.7 Å². The maximum Gasteiger partial charge on any atom is 0.188 e. The van der Waals surface area contributed by atoms with E-state index < -0.39 is 6.23 Å². The lowest BCUT2D eigenvalue weighted by molar-refractivity contribution is 0.163. The van der Waals surface area contributed by atoms with E-state index in [0.717, 1.165) is 28.9 Å². The molecule has 0 spiro atoms. The zero-order valence-corrected chi connectivity index (χ0v) is 20.0. The average Bonchev–Trinajstić information content (AvgIpc) is 3.40. The molecule has 0 saturated heterocycles. The largest absolute Gasteiger partial charge is 0.367 e. The van der Waals surface area contributed by atoms with Crippen LogP contribution >= 0.6 is 34.8 Å². The van der Waals surface area contributed by atoms with Crippen molar-refractivity contribution < 1.29 is 5.11 Å². The predicted octanol–water partition coefficient (Wildman–Crippen LogP) is 6.82. The van der Waals surface area contributed by atoms with Crippen LogP contribution in [0.3, 0.4) is 0 Å². The second-order valence-corrected chi connectivity index (χ2v) is 9.21. The fourth-order valence-corrected chi connectivity index (χ4v) is 4.90. The quantitative estimate of drug-likeness (QED) is 0.296. The topological polar surface area (TPSA) is 55.4 Å². The van der Waals surface area contributed by atoms with Crippen molar-refractivity contribution in [2.45, 2.75) is 19.6 Å². The summed E-state index contributed by atoms with van der Waals surface area (Å²) in [5, 5.41) is 24.7. The molecular formula is C25H21Cl3N4O. The number of H-pyrrole nitrogens is 1. The molecule has 0 bridgehead atoms. The van der Waals surface area contributed by atoms with E-state index in [1.807, 2.05) is 55.5 Å². The molecule has 2 N–H and O–H groups in total. The van der Waals surface area contributed by atoms with E-state index >= 15 is 0 Å². The van der Waals surface area contributed by atoms with Crippen molar-refractivity contribution in [3.8, 4) is 11.3 Å². The summed E-state index contributed by atoms with van der Waals surface area (Å²) in [4.78, 5) is 0. The third-order valence-corrected chi connectivity index (χ3v) is 6.72. The number of anilines is 2. The monoisotopic (exact) mass is 498 g/mol. The van der Waals surface area contributed by atoms with Gasteiger partial charge in [0.15, 0.2) is 6.23 Å². The number of nitrogens with one attached hydrogen (secondary N) is 1. The molecule has 1 unspecified atom stereocenters. The lowest BCUT2D eigenvalue weighted by atomic mass is 10.1. The van der Waals surface area contributed by atoms with Crippen LogP contribution < -0.4 is 10.0 Å². The first kappa shape index (κ1) is 22.1. The molecule has 0 radical (unpaired) electrons. The summed E-state index contributed by atoms with van der Waals surface area (Å²) in [6.45, 7) is 2.64. The highest BCUT2D eigenvalue weighted by Gasteiger charge is 2.33. The Kier molecular flexibility index (Phi) is 5.97. The smallest absolute Gasteiger partial charge is 0.188 e. The van der Waals surface area contributed by atoms with Crippen LogP contribution in [-0.4, -0.2) is 21.8 Å². The van der Waals surface area contributed by atoms with E-state index in [2.05, 4.69) is 21.3 Å². The lowest BCUT2D eigenvalue weighted by Crippen LogP contribution is -2.45. The van der Waals surface area contributed by atoms with Gasteiger partial charge in [-0.2, -0.15) is 5.10 Å². The highest BCUT2D eigenvalue weighted by Crippen LogP contribution is 2.40. The maximum atomic E-state index is 11.7. The van der Waals surface area contributed by atoms with E-state index in [-0.39, 0.29) is 0 Å². The molecule has 1 aromatic heterocycles. The number of hydrogen-bond acceptors (Lipinski definition) is 4. The SMILES string of the molecule is Cc1c(-c2ccc(Cl)cc2)n[nH]c1C(O)N(c1ccc(Cl)cc1Cl)N1CCc2ccccc21. The molecule has 1 atom stereocenters. The number of rotatable bonds is 5. The van der Waals surface area contributed by atoms with Gasteiger partial charge in [0.2, 0.25) is 0 Å². The zero-order valence-electron chi connectivity index (χ0n) is 17.8. The van der Waals surface area contributed by atoms with Crippen molar-refractivity contribution in [2.75, 3.05) is 16.6 Å². The summed E-state index contributed by atoms with van der Waals surface area (Å²) in [6.07, 6.45) is -0.203. The van der Waals surface area contributed by atoms with Gasteiger partial charge < -0.3 is 5.11 Å². The van der Waals surface area contributed by atoms with Gasteiger partial charge in [-0.15, -0.1) is 0 Å². The molecule has 3 aromatic carbocycles. The van der Waals surface area contributed by atoms with Gasteiger partial charge in [0, 0.05) is 27.7 Å². The summed E-state index contributed by atoms with van der Waals surface area (Å²) in [5.74, 6) is 0. The summed E-state index contributed by atoms with van der Waals surface area (Å²) in [6, 6.07) is 20.9. The lowest BCUT2D eigenvalue weighted by Gasteiger charge is -2.39. The van der Waals surface area contributed by atoms with Crippen molar-refractivity contribution >= 4 is 46.2 Å². The number of aliphatic hydroxyl groups excluding tert-OH is 1. The normalized spacial score (nSPS) is 13.8. The number of benzene rings is 3. The molecule has 5 rings (SSSR count). The molecule has 33 heavy (non-hydrogen) atoms. The molecule has 8 heteroatoms. The van der Waals surface area contributed by atoms with Gasteiger partial charge in [0.05, 0.1) is 27.8 Å². The Morgan fingerprint density at radius 2 is 1.73 bits per heavy atom. The van der Waals surface area contributed by atoms with Crippen LogP contribution in [0.2, 0.25) is 15.1 Å². The number of nitrogens with zero attached hydrogens (tertiary/aromatic N) is 3. The molecule has 4 aromatic rings. The Morgan fingerprint density at radius 3 is 2.48 bits per heavy atom. The highest BCUT2D eigenvalue weighted by atomic mass is 35.5. The van der Waals surface area contributed by atoms with Crippen molar-refractivity contribution in [3.05, 3.63) is 98.6 Å². The molecule has 0 fully saturated rings. The molecule has 168 valence electrons. The fourth-order valence-electron chi connectivity index (χ4n) is 4.28. The first-order valence-electron chi connectivity index (χ1n) is 10.5. The summed E-state index contributed by atoms with van der Waals surface area (Å²) < 4.78 is 0. The van der Waals surface area contributed by atoms with Gasteiger partial charge in [-0.25, -0.2) is 5.01 Å². The van der Waals surface area contributed by atoms with Crippen LogP contribution in [-0.2, 0) is 6.42 Å². The predicted molar refractivity (Wildman–Crippen MR) is 135 cm³/mol. The number of fused-ring (bicyclic) bond motifs is 1. The third kappa shape index (κ3) is 4.06. The third-order valence-electron chi connectivity index (χ3n) is 5.93. The molecule has 0 saturated carbocycles. The fraction of sp³-hybridized carbons (Fsp3) is 0.160. The minimum Gasteiger partial charge on any atom is -0.367 e. The second kappa shape index (κ2) is 8.92. The first-order chi connectivity index (χ1) is 15.9. The van der Waals surface area contributed by atoms with Crippen molar-refractivity contribution in [3.63, 3.8) is 0 Å². The van der Waals surface area contributed by atoms with Crippen LogP contribution in [0, 0.1) is 6.92 Å². The summed E-state index contributed by atoms with van der Waals surface area (Å²) in [7, 11) is 0. The minimum absolute atomic E-state index is 0.445. The van der Waals surface area contributed by atoms with Gasteiger partial charge in [-0.3, -0.25) is 10.1 Å². The number of halogens is 3. The first-order valence-corrected chi connectivity index (χ1v) is 11.7. The molecule has 0 amide bonds. The second-order valence-electron chi connectivity index (χ2n) is 7.93.